The van der Waals surface area contributed by atoms with Crippen LogP contribution in [0.2, 0.25) is 0 Å². The number of nitrogens with zero attached hydrogens (tertiary/aromatic N) is 1. The molecule has 1 amide bonds. The van der Waals surface area contributed by atoms with E-state index in [1.165, 1.54) is 0 Å². The number of benzene rings is 1. The summed E-state index contributed by atoms with van der Waals surface area (Å²) < 4.78 is 0. The molecule has 0 aliphatic heterocycles. The molecule has 1 aromatic rings. The van der Waals surface area contributed by atoms with Crippen LogP contribution in [0.15, 0.2) is 18.2 Å². The van der Waals surface area contributed by atoms with Crippen LogP contribution in [-0.2, 0) is 6.42 Å². The first-order valence-electron chi connectivity index (χ1n) is 7.32. The first kappa shape index (κ1) is 14.7. The Morgan fingerprint density at radius 3 is 2.70 bits per heavy atom. The molecule has 0 aromatic heterocycles. The molecule has 1 N–H and O–H groups in total. The number of carbonyl (C=O) groups is 2. The lowest BCUT2D eigenvalue weighted by Gasteiger charge is -2.18. The van der Waals surface area contributed by atoms with Gasteiger partial charge in [-0.1, -0.05) is 19.9 Å². The van der Waals surface area contributed by atoms with E-state index in [9.17, 15) is 9.59 Å². The van der Waals surface area contributed by atoms with Crippen LogP contribution in [0.25, 0.3) is 0 Å². The van der Waals surface area contributed by atoms with Gasteiger partial charge in [0.2, 0.25) is 0 Å². The molecule has 4 heteroatoms. The van der Waals surface area contributed by atoms with Gasteiger partial charge in [-0.15, -0.1) is 0 Å². The maximum absolute atomic E-state index is 12.1. The molecule has 0 spiro atoms. The van der Waals surface area contributed by atoms with Crippen molar-refractivity contribution in [3.63, 3.8) is 0 Å². The van der Waals surface area contributed by atoms with Crippen molar-refractivity contribution >= 4 is 11.7 Å². The molecule has 1 aromatic carbocycles. The highest BCUT2D eigenvalue weighted by atomic mass is 16.1. The van der Waals surface area contributed by atoms with E-state index in [1.807, 2.05) is 12.1 Å². The van der Waals surface area contributed by atoms with Crippen LogP contribution in [0.4, 0.5) is 0 Å². The van der Waals surface area contributed by atoms with E-state index in [1.54, 1.807) is 6.07 Å². The van der Waals surface area contributed by atoms with Crippen molar-refractivity contribution in [3.05, 3.63) is 34.9 Å². The zero-order valence-electron chi connectivity index (χ0n) is 12.2. The van der Waals surface area contributed by atoms with E-state index in [0.717, 1.165) is 37.2 Å². The highest BCUT2D eigenvalue weighted by molar-refractivity contribution is 6.03. The van der Waals surface area contributed by atoms with Crippen LogP contribution in [0, 0.1) is 0 Å². The highest BCUT2D eigenvalue weighted by Crippen LogP contribution is 2.22. The Labute approximate surface area is 120 Å². The van der Waals surface area contributed by atoms with Gasteiger partial charge in [0.15, 0.2) is 5.78 Å². The number of aryl methyl sites for hydroxylation is 1. The number of Topliss-reactive ketones (excluding diaryl/α,β-unsaturated/α-hetero) is 1. The molecule has 0 atom stereocenters. The number of rotatable bonds is 6. The van der Waals surface area contributed by atoms with Gasteiger partial charge in [-0.25, -0.2) is 0 Å². The fourth-order valence-electron chi connectivity index (χ4n) is 2.55. The molecule has 1 aliphatic carbocycles. The normalized spacial score (nSPS) is 13.7. The summed E-state index contributed by atoms with van der Waals surface area (Å²) in [7, 11) is 0. The van der Waals surface area contributed by atoms with E-state index in [-0.39, 0.29) is 11.7 Å². The van der Waals surface area contributed by atoms with Gasteiger partial charge in [-0.2, -0.15) is 0 Å². The number of fused-ring (bicyclic) bond motifs is 1. The van der Waals surface area contributed by atoms with Gasteiger partial charge in [0.25, 0.3) is 5.91 Å². The molecule has 0 saturated carbocycles. The number of likely N-dealkylation sites (N-methyl/N-ethyl adjacent to an activating group) is 1. The Kier molecular flexibility index (Phi) is 4.90. The number of hydrogen-bond donors (Lipinski definition) is 1. The van der Waals surface area contributed by atoms with Crippen molar-refractivity contribution < 1.29 is 9.59 Å². The quantitative estimate of drug-likeness (QED) is 0.862. The van der Waals surface area contributed by atoms with Crippen LogP contribution in [0.1, 0.15) is 46.5 Å². The van der Waals surface area contributed by atoms with E-state index in [0.29, 0.717) is 18.5 Å². The Hall–Kier alpha value is -1.68. The molecule has 0 saturated heterocycles. The van der Waals surface area contributed by atoms with Gasteiger partial charge in [0, 0.05) is 30.6 Å². The topological polar surface area (TPSA) is 49.4 Å². The maximum Gasteiger partial charge on any atom is 0.251 e. The monoisotopic (exact) mass is 274 g/mol. The molecule has 4 nitrogen and oxygen atoms in total. The minimum Gasteiger partial charge on any atom is -0.351 e. The van der Waals surface area contributed by atoms with Gasteiger partial charge in [-0.05, 0) is 37.2 Å². The molecule has 0 bridgehead atoms. The Bertz CT molecular complexity index is 507. The lowest BCUT2D eigenvalue weighted by Crippen LogP contribution is -2.34. The number of hydrogen-bond acceptors (Lipinski definition) is 3. The molecular formula is C16H22N2O2. The molecule has 0 unspecified atom stereocenters. The SMILES string of the molecule is CCN(CC)CCNC(=O)c1ccc2c(c1)C(=O)CC2. The third-order valence-corrected chi connectivity index (χ3v) is 3.90. The minimum atomic E-state index is -0.0975. The fourth-order valence-corrected chi connectivity index (χ4v) is 2.55. The van der Waals surface area contributed by atoms with Crippen LogP contribution >= 0.6 is 0 Å². The molecule has 2 rings (SSSR count). The number of nitrogens with one attached hydrogen (secondary N) is 1. The number of ketones is 1. The van der Waals surface area contributed by atoms with E-state index in [4.69, 9.17) is 0 Å². The van der Waals surface area contributed by atoms with Gasteiger partial charge < -0.3 is 10.2 Å². The lowest BCUT2D eigenvalue weighted by molar-refractivity contribution is 0.0949. The van der Waals surface area contributed by atoms with Crippen molar-refractivity contribution in [2.24, 2.45) is 0 Å². The number of carbonyl (C=O) groups excluding carboxylic acids is 2. The molecule has 1 aliphatic rings. The summed E-state index contributed by atoms with van der Waals surface area (Å²) in [5.74, 6) is 0.0532. The van der Waals surface area contributed by atoms with Gasteiger partial charge in [-0.3, -0.25) is 9.59 Å². The third kappa shape index (κ3) is 3.25. The van der Waals surface area contributed by atoms with E-state index < -0.39 is 0 Å². The van der Waals surface area contributed by atoms with Crippen LogP contribution in [-0.4, -0.2) is 42.8 Å². The molecule has 108 valence electrons. The van der Waals surface area contributed by atoms with Gasteiger partial charge >= 0.3 is 0 Å². The first-order valence-corrected chi connectivity index (χ1v) is 7.32. The largest absolute Gasteiger partial charge is 0.351 e. The maximum atomic E-state index is 12.1. The van der Waals surface area contributed by atoms with E-state index >= 15 is 0 Å². The predicted octanol–water partition coefficient (Wildman–Crippen LogP) is 1.89. The van der Waals surface area contributed by atoms with Crippen molar-refractivity contribution in [1.29, 1.82) is 0 Å². The van der Waals surface area contributed by atoms with Gasteiger partial charge in [0.1, 0.15) is 0 Å². The zero-order chi connectivity index (χ0) is 14.5. The Morgan fingerprint density at radius 2 is 2.00 bits per heavy atom. The summed E-state index contributed by atoms with van der Waals surface area (Å²) in [5, 5.41) is 2.91. The summed E-state index contributed by atoms with van der Waals surface area (Å²) in [4.78, 5) is 26.0. The van der Waals surface area contributed by atoms with Crippen molar-refractivity contribution in [2.45, 2.75) is 26.7 Å². The Morgan fingerprint density at radius 1 is 1.25 bits per heavy atom. The average Bonchev–Trinajstić information content (AvgIpc) is 2.84. The second-order valence-electron chi connectivity index (χ2n) is 5.08. The molecule has 0 heterocycles. The third-order valence-electron chi connectivity index (χ3n) is 3.90. The smallest absolute Gasteiger partial charge is 0.251 e. The minimum absolute atomic E-state index is 0.0975. The summed E-state index contributed by atoms with van der Waals surface area (Å²) in [6.45, 7) is 7.67. The fraction of sp³-hybridized carbons (Fsp3) is 0.500. The van der Waals surface area contributed by atoms with Crippen LogP contribution in [0.5, 0.6) is 0 Å². The second kappa shape index (κ2) is 6.66. The molecule has 0 radical (unpaired) electrons. The van der Waals surface area contributed by atoms with Gasteiger partial charge in [0.05, 0.1) is 0 Å². The molecule has 0 fully saturated rings. The summed E-state index contributed by atoms with van der Waals surface area (Å²) in [6, 6.07) is 5.45. The lowest BCUT2D eigenvalue weighted by atomic mass is 10.1. The van der Waals surface area contributed by atoms with Crippen molar-refractivity contribution in [1.82, 2.24) is 10.2 Å². The average molecular weight is 274 g/mol. The van der Waals surface area contributed by atoms with Crippen LogP contribution in [0.3, 0.4) is 0 Å². The van der Waals surface area contributed by atoms with E-state index in [2.05, 4.69) is 24.1 Å². The van der Waals surface area contributed by atoms with Crippen LogP contribution < -0.4 is 5.32 Å². The molecular weight excluding hydrogens is 252 g/mol. The Balaban J connectivity index is 1.93. The zero-order valence-corrected chi connectivity index (χ0v) is 12.2. The predicted molar refractivity (Wildman–Crippen MR) is 79.2 cm³/mol. The first-order chi connectivity index (χ1) is 9.65. The highest BCUT2D eigenvalue weighted by Gasteiger charge is 2.20. The number of amides is 1. The summed E-state index contributed by atoms with van der Waals surface area (Å²) in [6.07, 6.45) is 1.38. The standard InChI is InChI=1S/C16H22N2O2/c1-3-18(4-2)10-9-17-16(20)13-6-5-12-7-8-15(19)14(12)11-13/h5-6,11H,3-4,7-10H2,1-2H3,(H,17,20). The summed E-state index contributed by atoms with van der Waals surface area (Å²) >= 11 is 0. The second-order valence-corrected chi connectivity index (χ2v) is 5.08. The molecule has 20 heavy (non-hydrogen) atoms. The van der Waals surface area contributed by atoms with Crippen molar-refractivity contribution in [3.8, 4) is 0 Å². The summed E-state index contributed by atoms with van der Waals surface area (Å²) in [5.41, 5.74) is 2.37. The van der Waals surface area contributed by atoms with Crippen molar-refractivity contribution in [2.75, 3.05) is 26.2 Å².